The van der Waals surface area contributed by atoms with Crippen molar-refractivity contribution < 1.29 is 52.7 Å². The lowest BCUT2D eigenvalue weighted by molar-refractivity contribution is -0.295. The van der Waals surface area contributed by atoms with Crippen LogP contribution < -0.4 is 0 Å². The second kappa shape index (κ2) is 18.1. The number of imidazole rings is 1. The Morgan fingerprint density at radius 1 is 1.05 bits per heavy atom. The van der Waals surface area contributed by atoms with Gasteiger partial charge in [-0.05, 0) is 86.0 Å². The molecule has 2 N–H and O–H groups in total. The summed E-state index contributed by atoms with van der Waals surface area (Å²) in [6, 6.07) is 3.43. The van der Waals surface area contributed by atoms with Gasteiger partial charge in [0.25, 0.3) is 5.67 Å². The van der Waals surface area contributed by atoms with E-state index in [9.17, 15) is 24.6 Å². The molecule has 0 aliphatic carbocycles. The molecule has 2 aliphatic heterocycles. The van der Waals surface area contributed by atoms with Crippen molar-refractivity contribution in [2.45, 2.75) is 154 Å². The molecule has 15 heteroatoms. The van der Waals surface area contributed by atoms with Gasteiger partial charge in [0.05, 0.1) is 35.8 Å². The third-order valence-electron chi connectivity index (χ3n) is 11.8. The number of rotatable bonds is 11. The molecule has 0 spiro atoms. The molecule has 2 aromatic rings. The van der Waals surface area contributed by atoms with Crippen molar-refractivity contribution in [1.29, 1.82) is 0 Å². The van der Waals surface area contributed by atoms with E-state index in [1.165, 1.54) is 21.0 Å². The number of aliphatic hydroxyl groups excluding tert-OH is 1. The zero-order valence-corrected chi connectivity index (χ0v) is 34.4. The number of unbranched alkanes of at least 4 members (excludes halogenated alkanes) is 1. The molecule has 310 valence electrons. The average molecular weight is 779 g/mol. The molecule has 1 unspecified atom stereocenters. The predicted octanol–water partition coefficient (Wildman–Crippen LogP) is 4.06. The van der Waals surface area contributed by atoms with Crippen LogP contribution in [0.4, 0.5) is 4.39 Å². The first-order valence-electron chi connectivity index (χ1n) is 19.5. The minimum atomic E-state index is -3.18. The van der Waals surface area contributed by atoms with Gasteiger partial charge in [-0.15, -0.1) is 0 Å². The fraction of sp³-hybridized carbons (Fsp3) is 0.775. The largest absolute Gasteiger partial charge is 0.457 e. The van der Waals surface area contributed by atoms with Gasteiger partial charge in [0.2, 0.25) is 0 Å². The number of cyclic esters (lactones) is 1. The van der Waals surface area contributed by atoms with Gasteiger partial charge in [0, 0.05) is 50.3 Å². The molecule has 4 heterocycles. The fourth-order valence-electron chi connectivity index (χ4n) is 8.41. The van der Waals surface area contributed by atoms with Gasteiger partial charge in [-0.2, -0.15) is 0 Å². The lowest BCUT2D eigenvalue weighted by Crippen LogP contribution is -2.61. The highest BCUT2D eigenvalue weighted by Gasteiger charge is 2.56. The third kappa shape index (κ3) is 9.62. The molecule has 0 aromatic carbocycles. The Morgan fingerprint density at radius 2 is 1.75 bits per heavy atom. The molecule has 0 saturated carbocycles. The van der Waals surface area contributed by atoms with Crippen LogP contribution in [0.25, 0.3) is 11.2 Å². The van der Waals surface area contributed by atoms with Gasteiger partial charge in [-0.3, -0.25) is 9.59 Å². The maximum atomic E-state index is 16.7. The van der Waals surface area contributed by atoms with Crippen LogP contribution in [0.15, 0.2) is 24.7 Å². The number of nitrogens with zero attached hydrogens (tertiary/aromatic N) is 4. The Labute approximate surface area is 324 Å². The highest BCUT2D eigenvalue weighted by Crippen LogP contribution is 2.40. The van der Waals surface area contributed by atoms with Gasteiger partial charge in [0.15, 0.2) is 17.7 Å². The zero-order chi connectivity index (χ0) is 41.0. The summed E-state index contributed by atoms with van der Waals surface area (Å²) in [4.78, 5) is 52.6. The maximum Gasteiger partial charge on any atom is 0.351 e. The number of aromatic nitrogens is 3. The molecule has 4 rings (SSSR count). The number of Topliss-reactive ketones (excluding diaryl/α,β-unsaturated/α-hetero) is 2. The zero-order valence-electron chi connectivity index (χ0n) is 34.4. The number of methoxy groups -OCH3 is 1. The third-order valence-corrected chi connectivity index (χ3v) is 11.8. The smallest absolute Gasteiger partial charge is 0.351 e. The summed E-state index contributed by atoms with van der Waals surface area (Å²) in [5.41, 5.74) is -5.04. The number of fused-ring (bicyclic) bond motifs is 1. The Balaban J connectivity index is 1.66. The Bertz CT molecular complexity index is 1620. The normalized spacial score (nSPS) is 38.6. The summed E-state index contributed by atoms with van der Waals surface area (Å²) in [6.45, 7) is 12.9. The SMILES string of the molecule is CC[C@@H]1OC(=O)[C@@](C)(F)C(=O)[C@H](C)[C@@H](O[C@@H]2O[C@H](C)C[C@H](N(C)C)[C@H]2O)[C@@](C)(OC)C[C@@H](C)C(=O)[C@@H](C)C(OCCCCn2cnc3ncccc32)[C@]1(C)O. The first kappa shape index (κ1) is 44.8. The van der Waals surface area contributed by atoms with Crippen molar-refractivity contribution >= 4 is 28.7 Å². The second-order valence-electron chi connectivity index (χ2n) is 16.4. The lowest BCUT2D eigenvalue weighted by atomic mass is 9.74. The molecule has 0 bridgehead atoms. The highest BCUT2D eigenvalue weighted by atomic mass is 19.1. The Hall–Kier alpha value is -2.92. The monoisotopic (exact) mass is 778 g/mol. The number of aryl methyl sites for hydroxylation is 1. The molecule has 2 aliphatic rings. The van der Waals surface area contributed by atoms with Gasteiger partial charge < -0.3 is 43.4 Å². The van der Waals surface area contributed by atoms with Crippen molar-refractivity contribution in [2.75, 3.05) is 27.8 Å². The molecular formula is C40H63FN4O10. The molecule has 55 heavy (non-hydrogen) atoms. The maximum absolute atomic E-state index is 16.7. The first-order valence-corrected chi connectivity index (χ1v) is 19.5. The number of alkyl halides is 1. The van der Waals surface area contributed by atoms with Crippen molar-refractivity contribution in [2.24, 2.45) is 17.8 Å². The van der Waals surface area contributed by atoms with Crippen molar-refractivity contribution in [1.82, 2.24) is 19.4 Å². The van der Waals surface area contributed by atoms with Crippen LogP contribution in [0.2, 0.25) is 0 Å². The van der Waals surface area contributed by atoms with E-state index in [0.29, 0.717) is 31.5 Å². The molecule has 14 nitrogen and oxygen atoms in total. The molecular weight excluding hydrogens is 715 g/mol. The van der Waals surface area contributed by atoms with E-state index in [1.807, 2.05) is 42.6 Å². The number of carbonyl (C=O) groups excluding carboxylic acids is 3. The van der Waals surface area contributed by atoms with Crippen LogP contribution >= 0.6 is 0 Å². The number of hydrogen-bond donors (Lipinski definition) is 2. The van der Waals surface area contributed by atoms with Gasteiger partial charge in [-0.25, -0.2) is 19.2 Å². The highest BCUT2D eigenvalue weighted by molar-refractivity contribution is 6.07. The number of halogens is 1. The molecule has 13 atom stereocenters. The molecule has 2 fully saturated rings. The van der Waals surface area contributed by atoms with Crippen LogP contribution in [0, 0.1) is 17.8 Å². The second-order valence-corrected chi connectivity index (χ2v) is 16.4. The standard InChI is InChI=1S/C40H63FN4O10/c1-12-29-40(8,50)34(52-19-14-13-18-45-22-43-35-27(45)16-15-17-42-35)25(4)30(46)23(2)21-38(6,51-11)33(26(5)32(48)39(7,41)37(49)54-29)55-36-31(47)28(44(9)10)20-24(3)53-36/h15-17,22-26,28-29,31,33-34,36,47,50H,12-14,18-21H2,1-11H3/t23-,24-,25-,26+,28+,29+,31-,33-,34?,36+,38+,39+,40-/m1/s1. The summed E-state index contributed by atoms with van der Waals surface area (Å²) in [5, 5.41) is 23.5. The number of ether oxygens (including phenoxy) is 5. The van der Waals surface area contributed by atoms with Crippen LogP contribution in [-0.2, 0) is 44.6 Å². The summed E-state index contributed by atoms with van der Waals surface area (Å²) < 4.78 is 49.2. The number of ketones is 2. The number of pyridine rings is 1. The predicted molar refractivity (Wildman–Crippen MR) is 202 cm³/mol. The minimum absolute atomic E-state index is 0.00231. The Kier molecular flexibility index (Phi) is 14.8. The van der Waals surface area contributed by atoms with E-state index < -0.39 is 77.1 Å². The van der Waals surface area contributed by atoms with E-state index in [2.05, 4.69) is 9.97 Å². The molecule has 2 saturated heterocycles. The van der Waals surface area contributed by atoms with Crippen molar-refractivity contribution in [3.63, 3.8) is 0 Å². The average Bonchev–Trinajstić information content (AvgIpc) is 3.55. The quantitative estimate of drug-likeness (QED) is 0.190. The van der Waals surface area contributed by atoms with Crippen LogP contribution in [0.1, 0.15) is 87.5 Å². The van der Waals surface area contributed by atoms with E-state index >= 15 is 4.39 Å². The van der Waals surface area contributed by atoms with Crippen molar-refractivity contribution in [3.05, 3.63) is 24.7 Å². The van der Waals surface area contributed by atoms with Crippen LogP contribution in [0.3, 0.4) is 0 Å². The summed E-state index contributed by atoms with van der Waals surface area (Å²) in [6.07, 6.45) is -1.35. The van der Waals surface area contributed by atoms with Crippen LogP contribution in [0.5, 0.6) is 0 Å². The van der Waals surface area contributed by atoms with Gasteiger partial charge in [-0.1, -0.05) is 27.7 Å². The Morgan fingerprint density at radius 3 is 2.38 bits per heavy atom. The molecule has 0 radical (unpaired) electrons. The van der Waals surface area contributed by atoms with Gasteiger partial charge >= 0.3 is 5.97 Å². The summed E-state index contributed by atoms with van der Waals surface area (Å²) in [7, 11) is 5.04. The topological polar surface area (TPSA) is 172 Å². The number of carbonyl (C=O) groups is 3. The van der Waals surface area contributed by atoms with Gasteiger partial charge in [0.1, 0.15) is 23.6 Å². The number of likely N-dealkylation sites (N-methyl/N-ethyl adjacent to an activating group) is 1. The van der Waals surface area contributed by atoms with E-state index in [4.69, 9.17) is 23.7 Å². The number of esters is 1. The summed E-state index contributed by atoms with van der Waals surface area (Å²) >= 11 is 0. The summed E-state index contributed by atoms with van der Waals surface area (Å²) in [5.74, 6) is -5.94. The van der Waals surface area contributed by atoms with Crippen molar-refractivity contribution in [3.8, 4) is 0 Å². The lowest BCUT2D eigenvalue weighted by Gasteiger charge is -2.47. The van der Waals surface area contributed by atoms with E-state index in [0.717, 1.165) is 12.4 Å². The molecule has 2 aromatic heterocycles. The molecule has 0 amide bonds. The van der Waals surface area contributed by atoms with E-state index in [-0.39, 0.29) is 37.4 Å². The first-order chi connectivity index (χ1) is 25.7. The number of aliphatic hydroxyl groups is 2. The fourth-order valence-corrected chi connectivity index (χ4v) is 8.41. The number of hydrogen-bond acceptors (Lipinski definition) is 13. The minimum Gasteiger partial charge on any atom is -0.457 e. The van der Waals surface area contributed by atoms with Crippen LogP contribution in [-0.4, -0.2) is 135 Å². The van der Waals surface area contributed by atoms with E-state index in [1.54, 1.807) is 40.2 Å².